The van der Waals surface area contributed by atoms with Crippen LogP contribution in [-0.4, -0.2) is 38.6 Å². The molecular weight excluding hydrogens is 312 g/mol. The van der Waals surface area contributed by atoms with E-state index in [4.69, 9.17) is 4.74 Å². The van der Waals surface area contributed by atoms with E-state index < -0.39 is 29.7 Å². The predicted molar refractivity (Wildman–Crippen MR) is 86.7 cm³/mol. The monoisotopic (exact) mass is 330 g/mol. The average molecular weight is 330 g/mol. The molecule has 0 aliphatic carbocycles. The van der Waals surface area contributed by atoms with Crippen LogP contribution in [0.4, 0.5) is 0 Å². The second kappa shape index (κ2) is 6.96. The van der Waals surface area contributed by atoms with Crippen LogP contribution >= 0.6 is 0 Å². The molecule has 2 heterocycles. The molecule has 24 heavy (non-hydrogen) atoms. The lowest BCUT2D eigenvalue weighted by molar-refractivity contribution is -0.105. The van der Waals surface area contributed by atoms with Crippen LogP contribution in [-0.2, 0) is 11.2 Å². The number of aromatic nitrogens is 2. The Labute approximate surface area is 137 Å². The lowest BCUT2D eigenvalue weighted by Gasteiger charge is -2.29. The molecule has 1 aliphatic heterocycles. The number of nitrogens with one attached hydrogen (secondary N) is 1. The maximum absolute atomic E-state index is 12.1. The zero-order chi connectivity index (χ0) is 17.1. The van der Waals surface area contributed by atoms with Gasteiger partial charge in [0.2, 0.25) is 0 Å². The zero-order valence-electron chi connectivity index (χ0n) is 12.8. The van der Waals surface area contributed by atoms with E-state index in [1.807, 2.05) is 30.3 Å². The number of aromatic amines is 1. The summed E-state index contributed by atoms with van der Waals surface area (Å²) in [5, 5.41) is 18.9. The summed E-state index contributed by atoms with van der Waals surface area (Å²) in [6, 6.07) is 9.42. The summed E-state index contributed by atoms with van der Waals surface area (Å²) in [5.41, 5.74) is 0.305. The van der Waals surface area contributed by atoms with Crippen molar-refractivity contribution in [3.63, 3.8) is 0 Å². The lowest BCUT2D eigenvalue weighted by Crippen LogP contribution is -2.41. The SMILES string of the molecule is O=c1[nH]c(=O)n([C@H]2C=C[C@H](O)[C@@H](CO)O2)cc1Cc1ccccc1. The molecule has 2 aromatic rings. The van der Waals surface area contributed by atoms with Gasteiger partial charge in [0.25, 0.3) is 5.56 Å². The van der Waals surface area contributed by atoms with Crippen molar-refractivity contribution in [3.05, 3.63) is 80.6 Å². The Bertz CT molecular complexity index is 840. The summed E-state index contributed by atoms with van der Waals surface area (Å²) in [6.45, 7) is -0.378. The molecule has 126 valence electrons. The normalized spacial score (nSPS) is 23.3. The molecule has 3 atom stereocenters. The number of aliphatic hydroxyl groups excluding tert-OH is 2. The van der Waals surface area contributed by atoms with Gasteiger partial charge in [-0.2, -0.15) is 0 Å². The number of aliphatic hydroxyl groups is 2. The Kier molecular flexibility index (Phi) is 4.75. The van der Waals surface area contributed by atoms with E-state index in [-0.39, 0.29) is 6.61 Å². The molecule has 3 N–H and O–H groups in total. The van der Waals surface area contributed by atoms with E-state index >= 15 is 0 Å². The van der Waals surface area contributed by atoms with Crippen molar-refractivity contribution in [1.82, 2.24) is 9.55 Å². The second-order valence-corrected chi connectivity index (χ2v) is 5.61. The number of hydrogen-bond acceptors (Lipinski definition) is 5. The Hall–Kier alpha value is -2.48. The first-order chi connectivity index (χ1) is 11.6. The van der Waals surface area contributed by atoms with Crippen LogP contribution in [0.2, 0.25) is 0 Å². The van der Waals surface area contributed by atoms with Gasteiger partial charge >= 0.3 is 5.69 Å². The fraction of sp³-hybridized carbons (Fsp3) is 0.294. The topological polar surface area (TPSA) is 105 Å². The first kappa shape index (κ1) is 16.4. The summed E-state index contributed by atoms with van der Waals surface area (Å²) >= 11 is 0. The minimum Gasteiger partial charge on any atom is -0.394 e. The van der Waals surface area contributed by atoms with Gasteiger partial charge in [0.05, 0.1) is 6.61 Å². The second-order valence-electron chi connectivity index (χ2n) is 5.61. The van der Waals surface area contributed by atoms with Gasteiger partial charge in [0, 0.05) is 18.2 Å². The minimum atomic E-state index is -0.937. The Balaban J connectivity index is 1.94. The van der Waals surface area contributed by atoms with Crippen molar-refractivity contribution in [3.8, 4) is 0 Å². The van der Waals surface area contributed by atoms with Crippen LogP contribution < -0.4 is 11.2 Å². The predicted octanol–water partition coefficient (Wildman–Crippen LogP) is -0.0658. The Morgan fingerprint density at radius 3 is 2.62 bits per heavy atom. The number of rotatable bonds is 4. The van der Waals surface area contributed by atoms with Crippen molar-refractivity contribution < 1.29 is 14.9 Å². The molecule has 0 unspecified atom stereocenters. The fourth-order valence-electron chi connectivity index (χ4n) is 2.60. The summed E-state index contributed by atoms with van der Waals surface area (Å²) in [6.07, 6.45) is 2.25. The summed E-state index contributed by atoms with van der Waals surface area (Å²) in [7, 11) is 0. The van der Waals surface area contributed by atoms with Crippen LogP contribution in [0, 0.1) is 0 Å². The highest BCUT2D eigenvalue weighted by molar-refractivity contribution is 5.22. The number of nitrogens with zero attached hydrogens (tertiary/aromatic N) is 1. The highest BCUT2D eigenvalue weighted by Crippen LogP contribution is 2.20. The molecule has 0 radical (unpaired) electrons. The van der Waals surface area contributed by atoms with E-state index in [2.05, 4.69) is 4.98 Å². The molecule has 7 nitrogen and oxygen atoms in total. The number of H-pyrrole nitrogens is 1. The molecular formula is C17H18N2O5. The van der Waals surface area contributed by atoms with Crippen molar-refractivity contribution >= 4 is 0 Å². The van der Waals surface area contributed by atoms with E-state index in [1.54, 1.807) is 0 Å². The van der Waals surface area contributed by atoms with E-state index in [1.165, 1.54) is 22.9 Å². The van der Waals surface area contributed by atoms with Crippen molar-refractivity contribution in [1.29, 1.82) is 0 Å². The average Bonchev–Trinajstić information content (AvgIpc) is 2.59. The summed E-state index contributed by atoms with van der Waals surface area (Å²) in [4.78, 5) is 26.4. The molecule has 7 heteroatoms. The van der Waals surface area contributed by atoms with Gasteiger partial charge in [-0.05, 0) is 11.6 Å². The van der Waals surface area contributed by atoms with E-state index in [0.29, 0.717) is 12.0 Å². The zero-order valence-corrected chi connectivity index (χ0v) is 12.8. The van der Waals surface area contributed by atoms with Gasteiger partial charge in [0.15, 0.2) is 6.23 Å². The van der Waals surface area contributed by atoms with Gasteiger partial charge in [-0.3, -0.25) is 14.3 Å². The van der Waals surface area contributed by atoms with Crippen LogP contribution in [0.3, 0.4) is 0 Å². The molecule has 0 bridgehead atoms. The van der Waals surface area contributed by atoms with Crippen LogP contribution in [0.25, 0.3) is 0 Å². The van der Waals surface area contributed by atoms with Gasteiger partial charge < -0.3 is 14.9 Å². The molecule has 0 amide bonds. The Morgan fingerprint density at radius 2 is 1.92 bits per heavy atom. The van der Waals surface area contributed by atoms with Crippen LogP contribution in [0.5, 0.6) is 0 Å². The highest BCUT2D eigenvalue weighted by Gasteiger charge is 2.26. The fourth-order valence-corrected chi connectivity index (χ4v) is 2.60. The van der Waals surface area contributed by atoms with Crippen molar-refractivity contribution in [2.45, 2.75) is 24.9 Å². The quantitative estimate of drug-likeness (QED) is 0.681. The van der Waals surface area contributed by atoms with E-state index in [0.717, 1.165) is 5.56 Å². The first-order valence-corrected chi connectivity index (χ1v) is 7.59. The highest BCUT2D eigenvalue weighted by atomic mass is 16.5. The molecule has 0 saturated carbocycles. The molecule has 0 spiro atoms. The standard InChI is InChI=1S/C17H18N2O5/c20-10-14-13(21)6-7-15(24-14)19-9-12(16(22)18-17(19)23)8-11-4-2-1-3-5-11/h1-7,9,13-15,20-21H,8,10H2,(H,18,22,23)/t13-,14+,15+/m0/s1. The minimum absolute atomic E-state index is 0.374. The maximum atomic E-state index is 12.1. The van der Waals surface area contributed by atoms with Crippen molar-refractivity contribution in [2.24, 2.45) is 0 Å². The Morgan fingerprint density at radius 1 is 1.17 bits per heavy atom. The number of ether oxygens (including phenoxy) is 1. The third kappa shape index (κ3) is 3.38. The summed E-state index contributed by atoms with van der Waals surface area (Å²) < 4.78 is 6.75. The molecule has 0 saturated heterocycles. The first-order valence-electron chi connectivity index (χ1n) is 7.59. The third-order valence-electron chi connectivity index (χ3n) is 3.90. The van der Waals surface area contributed by atoms with Gasteiger partial charge in [0.1, 0.15) is 12.2 Å². The molecule has 0 fully saturated rings. The van der Waals surface area contributed by atoms with Gasteiger partial charge in [-0.1, -0.05) is 36.4 Å². The van der Waals surface area contributed by atoms with Crippen LogP contribution in [0.1, 0.15) is 17.4 Å². The smallest absolute Gasteiger partial charge is 0.330 e. The van der Waals surface area contributed by atoms with Gasteiger partial charge in [-0.25, -0.2) is 4.79 Å². The summed E-state index contributed by atoms with van der Waals surface area (Å²) in [5.74, 6) is 0. The number of benzene rings is 1. The molecule has 3 rings (SSSR count). The number of hydrogen-bond donors (Lipinski definition) is 3. The maximum Gasteiger partial charge on any atom is 0.330 e. The third-order valence-corrected chi connectivity index (χ3v) is 3.90. The molecule has 1 aliphatic rings. The molecule has 1 aromatic heterocycles. The van der Waals surface area contributed by atoms with Crippen LogP contribution in [0.15, 0.2) is 58.3 Å². The lowest BCUT2D eigenvalue weighted by atomic mass is 10.1. The van der Waals surface area contributed by atoms with E-state index in [9.17, 15) is 19.8 Å². The largest absolute Gasteiger partial charge is 0.394 e. The molecule has 1 aromatic carbocycles. The van der Waals surface area contributed by atoms with Gasteiger partial charge in [-0.15, -0.1) is 0 Å². The van der Waals surface area contributed by atoms with Crippen molar-refractivity contribution in [2.75, 3.05) is 6.61 Å².